The highest BCUT2D eigenvalue weighted by molar-refractivity contribution is 5.95. The summed E-state index contributed by atoms with van der Waals surface area (Å²) in [6, 6.07) is 11.6. The van der Waals surface area contributed by atoms with Crippen LogP contribution in [0, 0.1) is 5.82 Å². The summed E-state index contributed by atoms with van der Waals surface area (Å²) >= 11 is 0. The maximum Gasteiger partial charge on any atom is 0.408 e. The molecular formula is C40H52FN7O7. The zero-order valence-corrected chi connectivity index (χ0v) is 32.2. The van der Waals surface area contributed by atoms with Crippen LogP contribution in [0.1, 0.15) is 75.0 Å². The number of benzene rings is 2. The van der Waals surface area contributed by atoms with Crippen molar-refractivity contribution in [3.63, 3.8) is 0 Å². The average Bonchev–Trinajstić information content (AvgIpc) is 3.16. The van der Waals surface area contributed by atoms with Gasteiger partial charge in [0.15, 0.2) is 0 Å². The number of alkyl carbamates (subject to hydrolysis) is 1. The summed E-state index contributed by atoms with van der Waals surface area (Å²) in [7, 11) is 0. The summed E-state index contributed by atoms with van der Waals surface area (Å²) < 4.78 is 26.8. The molecule has 4 amide bonds. The van der Waals surface area contributed by atoms with Gasteiger partial charge in [-0.3, -0.25) is 24.1 Å². The Balaban J connectivity index is 0.914. The van der Waals surface area contributed by atoms with Crippen LogP contribution in [0.5, 0.6) is 0 Å². The Labute approximate surface area is 320 Å². The molecule has 0 aliphatic carbocycles. The van der Waals surface area contributed by atoms with Crippen molar-refractivity contribution < 1.29 is 33.0 Å². The zero-order chi connectivity index (χ0) is 39.3. The van der Waals surface area contributed by atoms with E-state index in [4.69, 9.17) is 9.47 Å². The van der Waals surface area contributed by atoms with Gasteiger partial charge >= 0.3 is 6.09 Å². The second-order valence-electron chi connectivity index (χ2n) is 16.0. The largest absolute Gasteiger partial charge is 0.444 e. The molecular weight excluding hydrogens is 709 g/mol. The number of rotatable bonds is 9. The Hall–Kier alpha value is -4.89. The van der Waals surface area contributed by atoms with Gasteiger partial charge in [0.25, 0.3) is 11.5 Å². The molecule has 3 aliphatic rings. The topological polar surface area (TPSA) is 157 Å². The third-order valence-corrected chi connectivity index (χ3v) is 10.6. The first-order valence-electron chi connectivity index (χ1n) is 19.1. The minimum atomic E-state index is -0.632. The van der Waals surface area contributed by atoms with Crippen LogP contribution in [0.3, 0.4) is 0 Å². The lowest BCUT2D eigenvalue weighted by atomic mass is 9.92. The molecule has 2 aromatic carbocycles. The van der Waals surface area contributed by atoms with Crippen molar-refractivity contribution in [2.24, 2.45) is 0 Å². The number of piperazine rings is 1. The van der Waals surface area contributed by atoms with E-state index >= 15 is 0 Å². The van der Waals surface area contributed by atoms with Gasteiger partial charge in [-0.1, -0.05) is 24.3 Å². The number of nitrogens with zero attached hydrogens (tertiary/aromatic N) is 5. The third kappa shape index (κ3) is 10.3. The number of hydrogen-bond donors (Lipinski definition) is 2. The van der Waals surface area contributed by atoms with E-state index in [9.17, 15) is 28.4 Å². The van der Waals surface area contributed by atoms with Crippen LogP contribution in [0.4, 0.5) is 9.18 Å². The van der Waals surface area contributed by atoms with E-state index < -0.39 is 23.4 Å². The summed E-state index contributed by atoms with van der Waals surface area (Å²) in [5.41, 5.74) is 0.0101. The fraction of sp³-hybridized carbons (Fsp3) is 0.550. The number of likely N-dealkylation sites (tertiary alicyclic amines) is 2. The molecule has 0 unspecified atom stereocenters. The van der Waals surface area contributed by atoms with Crippen molar-refractivity contribution >= 4 is 34.6 Å². The van der Waals surface area contributed by atoms with Gasteiger partial charge in [0.2, 0.25) is 11.8 Å². The molecule has 14 nitrogen and oxygen atoms in total. The number of fused-ring (bicyclic) bond motifs is 1. The molecule has 0 bridgehead atoms. The maximum absolute atomic E-state index is 15.0. The monoisotopic (exact) mass is 761 g/mol. The van der Waals surface area contributed by atoms with Crippen LogP contribution in [0.25, 0.3) is 10.8 Å². The number of carbonyl (C=O) groups is 4. The van der Waals surface area contributed by atoms with Gasteiger partial charge in [0.05, 0.1) is 34.9 Å². The summed E-state index contributed by atoms with van der Waals surface area (Å²) in [6.45, 7) is 11.5. The Morgan fingerprint density at radius 3 is 2.20 bits per heavy atom. The van der Waals surface area contributed by atoms with Crippen LogP contribution in [-0.2, 0) is 25.5 Å². The summed E-state index contributed by atoms with van der Waals surface area (Å²) in [5, 5.41) is 10.5. The number of carbonyl (C=O) groups excluding carboxylic acids is 4. The van der Waals surface area contributed by atoms with Gasteiger partial charge < -0.3 is 29.5 Å². The minimum absolute atomic E-state index is 0.00503. The van der Waals surface area contributed by atoms with Crippen molar-refractivity contribution in [3.05, 3.63) is 75.5 Å². The third-order valence-electron chi connectivity index (χ3n) is 10.6. The molecule has 6 rings (SSSR count). The van der Waals surface area contributed by atoms with E-state index in [0.29, 0.717) is 80.6 Å². The quantitative estimate of drug-likeness (QED) is 0.334. The van der Waals surface area contributed by atoms with E-state index in [-0.39, 0.29) is 47.7 Å². The Morgan fingerprint density at radius 2 is 1.53 bits per heavy atom. The van der Waals surface area contributed by atoms with Gasteiger partial charge in [-0.2, -0.15) is 5.10 Å². The number of aromatic nitrogens is 2. The highest BCUT2D eigenvalue weighted by atomic mass is 19.1. The molecule has 0 radical (unpaired) electrons. The minimum Gasteiger partial charge on any atom is -0.444 e. The van der Waals surface area contributed by atoms with Crippen LogP contribution in [0.15, 0.2) is 47.3 Å². The lowest BCUT2D eigenvalue weighted by molar-refractivity contribution is -0.147. The van der Waals surface area contributed by atoms with E-state index in [2.05, 4.69) is 27.3 Å². The van der Waals surface area contributed by atoms with Gasteiger partial charge in [-0.15, -0.1) is 0 Å². The van der Waals surface area contributed by atoms with Crippen molar-refractivity contribution in [2.75, 3.05) is 65.4 Å². The highest BCUT2D eigenvalue weighted by Crippen LogP contribution is 2.30. The number of aromatic amines is 1. The fourth-order valence-electron chi connectivity index (χ4n) is 7.47. The molecule has 3 aliphatic heterocycles. The lowest BCUT2D eigenvalue weighted by Crippen LogP contribution is -2.54. The molecule has 2 N–H and O–H groups in total. The van der Waals surface area contributed by atoms with Crippen molar-refractivity contribution in [1.82, 2.24) is 35.1 Å². The normalized spacial score (nSPS) is 18.3. The summed E-state index contributed by atoms with van der Waals surface area (Å²) in [4.78, 5) is 70.8. The van der Waals surface area contributed by atoms with Gasteiger partial charge in [0, 0.05) is 64.2 Å². The highest BCUT2D eigenvalue weighted by Gasteiger charge is 2.36. The molecule has 296 valence electrons. The number of amides is 4. The first-order chi connectivity index (χ1) is 26.2. The molecule has 3 aromatic rings. The first kappa shape index (κ1) is 39.8. The second-order valence-corrected chi connectivity index (χ2v) is 16.0. The van der Waals surface area contributed by atoms with E-state index in [1.807, 2.05) is 12.1 Å². The molecule has 3 saturated heterocycles. The van der Waals surface area contributed by atoms with E-state index in [1.165, 1.54) is 6.07 Å². The van der Waals surface area contributed by atoms with E-state index in [1.54, 1.807) is 59.7 Å². The molecule has 55 heavy (non-hydrogen) atoms. The fourth-order valence-corrected chi connectivity index (χ4v) is 7.47. The van der Waals surface area contributed by atoms with Crippen molar-refractivity contribution in [1.29, 1.82) is 0 Å². The number of halogens is 1. The smallest absolute Gasteiger partial charge is 0.408 e. The molecule has 4 heterocycles. The van der Waals surface area contributed by atoms with Gasteiger partial charge in [-0.05, 0) is 77.1 Å². The number of piperidine rings is 2. The summed E-state index contributed by atoms with van der Waals surface area (Å²) in [5.74, 6) is -1.18. The number of ether oxygens (including phenoxy) is 2. The molecule has 0 atom stereocenters. The van der Waals surface area contributed by atoms with Crippen LogP contribution in [0.2, 0.25) is 0 Å². The van der Waals surface area contributed by atoms with Gasteiger partial charge in [0.1, 0.15) is 18.0 Å². The lowest BCUT2D eigenvalue weighted by Gasteiger charge is -2.43. The van der Waals surface area contributed by atoms with E-state index in [0.717, 1.165) is 25.9 Å². The van der Waals surface area contributed by atoms with Crippen molar-refractivity contribution in [2.45, 2.75) is 77.1 Å². The Bertz CT molecular complexity index is 1940. The predicted molar refractivity (Wildman–Crippen MR) is 203 cm³/mol. The first-order valence-corrected chi connectivity index (χ1v) is 19.1. The average molecular weight is 762 g/mol. The zero-order valence-electron chi connectivity index (χ0n) is 32.2. The number of nitrogens with one attached hydrogen (secondary N) is 2. The number of hydrogen-bond acceptors (Lipinski definition) is 9. The van der Waals surface area contributed by atoms with Crippen LogP contribution >= 0.6 is 0 Å². The summed E-state index contributed by atoms with van der Waals surface area (Å²) in [6.07, 6.45) is 2.75. The molecule has 1 aromatic heterocycles. The Kier molecular flexibility index (Phi) is 12.2. The van der Waals surface area contributed by atoms with Crippen LogP contribution < -0.4 is 10.9 Å². The number of H-pyrrole nitrogens is 1. The predicted octanol–water partition coefficient (Wildman–Crippen LogP) is 3.32. The SMILES string of the molecule is CC(C)(C)OC(=O)NCC(=O)N1CCC(C)(OC2CCN(CC(=O)N3CCN(C(=O)c4cc(Cc5n[nH]c(=O)c6ccccc56)ccc4F)CC3)CC2)CC1. The maximum atomic E-state index is 15.0. The Morgan fingerprint density at radius 1 is 0.891 bits per heavy atom. The molecule has 15 heteroatoms. The molecule has 0 saturated carbocycles. The standard InChI is InChI=1S/C40H52FN7O7/c1-39(2,3)55-38(53)42-25-34(49)46-17-13-40(4,14-18-46)54-28-11-15-45(16-12-28)26-35(50)47-19-21-48(22-20-47)37(52)31-23-27(9-10-32(31)41)24-33-29-7-5-6-8-30(29)36(51)44-43-33/h5-10,23,28H,11-22,24-26H2,1-4H3,(H,42,53)(H,44,51). The molecule has 0 spiro atoms. The van der Waals surface area contributed by atoms with Crippen LogP contribution in [-0.4, -0.2) is 136 Å². The van der Waals surface area contributed by atoms with Gasteiger partial charge in [-0.25, -0.2) is 14.3 Å². The molecule has 3 fully saturated rings. The van der Waals surface area contributed by atoms with Crippen molar-refractivity contribution in [3.8, 4) is 0 Å². The second kappa shape index (κ2) is 16.9.